The van der Waals surface area contributed by atoms with Crippen molar-refractivity contribution in [2.75, 3.05) is 13.2 Å². The van der Waals surface area contributed by atoms with Gasteiger partial charge in [-0.1, -0.05) is 0 Å². The molecule has 1 aromatic heterocycles. The Labute approximate surface area is 111 Å². The second-order valence-corrected chi connectivity index (χ2v) is 5.42. The van der Waals surface area contributed by atoms with Crippen molar-refractivity contribution in [1.82, 2.24) is 9.88 Å². The quantitative estimate of drug-likeness (QED) is 0.772. The Morgan fingerprint density at radius 1 is 1.42 bits per heavy atom. The maximum absolute atomic E-state index is 12.0. The number of nitrogens with zero attached hydrogens (tertiary/aromatic N) is 1. The molecule has 1 amide bonds. The van der Waals surface area contributed by atoms with Crippen LogP contribution in [0.3, 0.4) is 0 Å². The van der Waals surface area contributed by atoms with Crippen LogP contribution in [-0.4, -0.2) is 34.7 Å². The van der Waals surface area contributed by atoms with Crippen molar-refractivity contribution < 1.29 is 14.3 Å². The summed E-state index contributed by atoms with van der Waals surface area (Å²) < 4.78 is 10.8. The molecule has 0 bridgehead atoms. The maximum Gasteiger partial charge on any atom is 0.410 e. The summed E-state index contributed by atoms with van der Waals surface area (Å²) in [5.74, 6) is 0.602. The molecule has 1 aliphatic heterocycles. The number of aromatic amines is 1. The summed E-state index contributed by atoms with van der Waals surface area (Å²) in [4.78, 5) is 27.5. The lowest BCUT2D eigenvalue weighted by Gasteiger charge is -2.25. The highest BCUT2D eigenvalue weighted by molar-refractivity contribution is 5.68. The minimum atomic E-state index is -0.544. The number of carbonyl (C=O) groups excluding carboxylic acids is 1. The van der Waals surface area contributed by atoms with Crippen LogP contribution < -0.4 is 10.3 Å². The van der Waals surface area contributed by atoms with Gasteiger partial charge in [0.05, 0.1) is 18.8 Å². The van der Waals surface area contributed by atoms with Crippen molar-refractivity contribution in [2.45, 2.75) is 32.9 Å². The van der Waals surface area contributed by atoms with Crippen LogP contribution in [0.15, 0.2) is 16.9 Å². The lowest BCUT2D eigenvalue weighted by molar-refractivity contribution is 0.0224. The first kappa shape index (κ1) is 13.5. The highest BCUT2D eigenvalue weighted by atomic mass is 16.6. The molecule has 0 saturated heterocycles. The summed E-state index contributed by atoms with van der Waals surface area (Å²) in [6.07, 6.45) is -0.409. The summed E-state index contributed by atoms with van der Waals surface area (Å²) in [5.41, 5.74) is -0.166. The van der Waals surface area contributed by atoms with Crippen molar-refractivity contribution in [2.24, 2.45) is 0 Å². The molecule has 6 nitrogen and oxygen atoms in total. The molecule has 0 spiro atoms. The zero-order chi connectivity index (χ0) is 14.0. The van der Waals surface area contributed by atoms with E-state index in [4.69, 9.17) is 9.47 Å². The van der Waals surface area contributed by atoms with Gasteiger partial charge in [-0.05, 0) is 26.8 Å². The number of pyridine rings is 1. The number of hydrogen-bond acceptors (Lipinski definition) is 4. The summed E-state index contributed by atoms with van der Waals surface area (Å²) in [7, 11) is 0. The van der Waals surface area contributed by atoms with E-state index in [9.17, 15) is 9.59 Å². The molecule has 1 N–H and O–H groups in total. The van der Waals surface area contributed by atoms with Crippen molar-refractivity contribution in [3.05, 3.63) is 28.2 Å². The van der Waals surface area contributed by atoms with E-state index in [2.05, 4.69) is 4.98 Å². The lowest BCUT2D eigenvalue weighted by Crippen LogP contribution is -2.37. The number of carbonyl (C=O) groups is 1. The van der Waals surface area contributed by atoms with Gasteiger partial charge in [-0.25, -0.2) is 4.79 Å². The van der Waals surface area contributed by atoms with E-state index < -0.39 is 11.7 Å². The van der Waals surface area contributed by atoms with E-state index >= 15 is 0 Å². The number of amides is 1. The third-order valence-corrected chi connectivity index (χ3v) is 2.58. The van der Waals surface area contributed by atoms with Gasteiger partial charge < -0.3 is 14.5 Å². The van der Waals surface area contributed by atoms with Crippen LogP contribution in [0.5, 0.6) is 5.75 Å². The first-order chi connectivity index (χ1) is 8.85. The van der Waals surface area contributed by atoms with Gasteiger partial charge in [0.2, 0.25) is 5.56 Å². The van der Waals surface area contributed by atoms with Crippen LogP contribution in [0.25, 0.3) is 0 Å². The summed E-state index contributed by atoms with van der Waals surface area (Å²) in [5, 5.41) is 0. The number of rotatable bonds is 0. The van der Waals surface area contributed by atoms with E-state index in [1.165, 1.54) is 11.0 Å². The Morgan fingerprint density at radius 2 is 2.16 bits per heavy atom. The largest absolute Gasteiger partial charge is 0.490 e. The van der Waals surface area contributed by atoms with Gasteiger partial charge in [0.1, 0.15) is 18.0 Å². The molecule has 1 aliphatic rings. The first-order valence-electron chi connectivity index (χ1n) is 6.18. The third kappa shape index (κ3) is 3.49. The normalized spacial score (nSPS) is 15.2. The van der Waals surface area contributed by atoms with E-state index in [-0.39, 0.29) is 12.1 Å². The fourth-order valence-corrected chi connectivity index (χ4v) is 1.77. The minimum absolute atomic E-state index is 0.214. The van der Waals surface area contributed by atoms with Crippen molar-refractivity contribution in [3.8, 4) is 5.75 Å². The first-order valence-corrected chi connectivity index (χ1v) is 6.18. The van der Waals surface area contributed by atoms with Gasteiger partial charge in [-0.15, -0.1) is 0 Å². The Bertz CT molecular complexity index is 530. The minimum Gasteiger partial charge on any atom is -0.490 e. The van der Waals surface area contributed by atoms with Crippen molar-refractivity contribution in [1.29, 1.82) is 0 Å². The highest BCUT2D eigenvalue weighted by Gasteiger charge is 2.25. The van der Waals surface area contributed by atoms with E-state index in [1.54, 1.807) is 6.07 Å². The van der Waals surface area contributed by atoms with Crippen LogP contribution in [-0.2, 0) is 11.3 Å². The van der Waals surface area contributed by atoms with E-state index in [0.717, 1.165) is 0 Å². The monoisotopic (exact) mass is 266 g/mol. The fourth-order valence-electron chi connectivity index (χ4n) is 1.77. The van der Waals surface area contributed by atoms with E-state index in [1.807, 2.05) is 20.8 Å². The predicted octanol–water partition coefficient (Wildman–Crippen LogP) is 1.50. The van der Waals surface area contributed by atoms with Crippen LogP contribution in [0.2, 0.25) is 0 Å². The summed E-state index contributed by atoms with van der Waals surface area (Å²) in [6, 6.07) is 3.02. The molecule has 0 fully saturated rings. The van der Waals surface area contributed by atoms with Gasteiger partial charge in [0, 0.05) is 6.07 Å². The molecule has 2 heterocycles. The standard InChI is InChI=1S/C13H18N2O4/c1-13(2,3)19-12(17)15-6-7-18-10-4-5-11(16)14-9(10)8-15/h4-5H,6-8H2,1-3H3,(H,14,16). The average molecular weight is 266 g/mol. The van der Waals surface area contributed by atoms with Crippen molar-refractivity contribution >= 4 is 6.09 Å². The van der Waals surface area contributed by atoms with Gasteiger partial charge >= 0.3 is 6.09 Å². The van der Waals surface area contributed by atoms with Crippen LogP contribution in [0.4, 0.5) is 4.79 Å². The molecule has 0 aliphatic carbocycles. The number of H-pyrrole nitrogens is 1. The van der Waals surface area contributed by atoms with Gasteiger partial charge in [-0.2, -0.15) is 0 Å². The molecule has 1 aromatic rings. The topological polar surface area (TPSA) is 71.6 Å². The second kappa shape index (κ2) is 4.95. The van der Waals surface area contributed by atoms with Crippen molar-refractivity contribution in [3.63, 3.8) is 0 Å². The third-order valence-electron chi connectivity index (χ3n) is 2.58. The smallest absolute Gasteiger partial charge is 0.410 e. The number of hydrogen-bond donors (Lipinski definition) is 1. The number of ether oxygens (including phenoxy) is 2. The molecule has 0 atom stereocenters. The zero-order valence-corrected chi connectivity index (χ0v) is 11.4. The molecule has 0 radical (unpaired) electrons. The molecule has 19 heavy (non-hydrogen) atoms. The van der Waals surface area contributed by atoms with Gasteiger partial charge in [0.25, 0.3) is 0 Å². The second-order valence-electron chi connectivity index (χ2n) is 5.42. The predicted molar refractivity (Wildman–Crippen MR) is 69.2 cm³/mol. The Kier molecular flexibility index (Phi) is 3.50. The Balaban J connectivity index is 2.17. The SMILES string of the molecule is CC(C)(C)OC(=O)N1CCOc2ccc(=O)[nH]c2C1. The number of aromatic nitrogens is 1. The molecular weight excluding hydrogens is 248 g/mol. The van der Waals surface area contributed by atoms with Crippen LogP contribution >= 0.6 is 0 Å². The molecule has 6 heteroatoms. The van der Waals surface area contributed by atoms with E-state index in [0.29, 0.717) is 24.6 Å². The van der Waals surface area contributed by atoms with Gasteiger partial charge in [-0.3, -0.25) is 9.69 Å². The molecular formula is C13H18N2O4. The van der Waals surface area contributed by atoms with Gasteiger partial charge in [0.15, 0.2) is 0 Å². The number of fused-ring (bicyclic) bond motifs is 1. The molecule has 2 rings (SSSR count). The number of nitrogens with one attached hydrogen (secondary N) is 1. The highest BCUT2D eigenvalue weighted by Crippen LogP contribution is 2.20. The molecule has 104 valence electrons. The Hall–Kier alpha value is -1.98. The van der Waals surface area contributed by atoms with Crippen LogP contribution in [0, 0.1) is 0 Å². The maximum atomic E-state index is 12.0. The fraction of sp³-hybridized carbons (Fsp3) is 0.538. The molecule has 0 unspecified atom stereocenters. The summed E-state index contributed by atoms with van der Waals surface area (Å²) in [6.45, 7) is 6.52. The average Bonchev–Trinajstić information content (AvgIpc) is 2.48. The summed E-state index contributed by atoms with van der Waals surface area (Å²) >= 11 is 0. The lowest BCUT2D eigenvalue weighted by atomic mass is 10.2. The van der Waals surface area contributed by atoms with Crippen LogP contribution in [0.1, 0.15) is 26.5 Å². The molecule has 0 aromatic carbocycles. The Morgan fingerprint density at radius 3 is 2.84 bits per heavy atom. The molecule has 0 saturated carbocycles. The zero-order valence-electron chi connectivity index (χ0n) is 11.4.